The van der Waals surface area contributed by atoms with E-state index in [1.807, 2.05) is 4.90 Å². The highest BCUT2D eigenvalue weighted by Crippen LogP contribution is 2.06. The average molecular weight is 411 g/mol. The Morgan fingerprint density at radius 1 is 0.429 bits per heavy atom. The minimum atomic E-state index is 0. The van der Waals surface area contributed by atoms with Crippen molar-refractivity contribution in [3.05, 3.63) is 0 Å². The van der Waals surface area contributed by atoms with E-state index in [0.717, 1.165) is 0 Å². The van der Waals surface area contributed by atoms with Gasteiger partial charge < -0.3 is 28.9 Å². The van der Waals surface area contributed by atoms with Crippen LogP contribution in [0.4, 0.5) is 0 Å². The molecule has 0 aliphatic carbocycles. The van der Waals surface area contributed by atoms with Crippen molar-refractivity contribution in [3.63, 3.8) is 0 Å². The SMILES string of the molecule is CCCCCCCCC[NH+](CCCCC)CCCCC.[I-]. The Labute approximate surface area is 152 Å². The van der Waals surface area contributed by atoms with Crippen LogP contribution in [0.2, 0.25) is 0 Å². The number of hydrogen-bond acceptors (Lipinski definition) is 0. The van der Waals surface area contributed by atoms with Crippen LogP contribution in [0.5, 0.6) is 0 Å². The molecule has 21 heavy (non-hydrogen) atoms. The van der Waals surface area contributed by atoms with Crippen molar-refractivity contribution in [1.29, 1.82) is 0 Å². The first kappa shape index (κ1) is 23.9. The van der Waals surface area contributed by atoms with Crippen molar-refractivity contribution in [2.45, 2.75) is 104 Å². The predicted octanol–water partition coefficient (Wildman–Crippen LogP) is 2.01. The molecule has 2 heteroatoms. The maximum atomic E-state index is 2.31. The minimum absolute atomic E-state index is 0. The first-order chi connectivity index (χ1) is 9.85. The van der Waals surface area contributed by atoms with Crippen molar-refractivity contribution in [2.75, 3.05) is 19.6 Å². The van der Waals surface area contributed by atoms with Crippen LogP contribution < -0.4 is 28.9 Å². The molecule has 0 radical (unpaired) electrons. The number of unbranched alkanes of at least 4 members (excludes halogenated alkanes) is 10. The van der Waals surface area contributed by atoms with Crippen LogP contribution in [0.3, 0.4) is 0 Å². The lowest BCUT2D eigenvalue weighted by Crippen LogP contribution is -3.12. The third-order valence-electron chi connectivity index (χ3n) is 4.40. The summed E-state index contributed by atoms with van der Waals surface area (Å²) >= 11 is 0. The predicted molar refractivity (Wildman–Crippen MR) is 92.6 cm³/mol. The number of halogens is 1. The van der Waals surface area contributed by atoms with Gasteiger partial charge in [-0.1, -0.05) is 65.7 Å². The van der Waals surface area contributed by atoms with Gasteiger partial charge in [0.1, 0.15) is 0 Å². The normalized spacial score (nSPS) is 10.9. The molecule has 0 atom stereocenters. The third kappa shape index (κ3) is 18.6. The molecule has 0 aromatic rings. The Morgan fingerprint density at radius 3 is 1.14 bits per heavy atom. The Hall–Kier alpha value is 0.690. The molecule has 0 saturated carbocycles. The molecule has 1 N–H and O–H groups in total. The molecule has 0 heterocycles. The van der Waals surface area contributed by atoms with Crippen LogP contribution >= 0.6 is 0 Å². The standard InChI is InChI=1S/C19H41N.HI/c1-4-7-10-11-12-13-16-19-20(17-14-8-5-2)18-15-9-6-3;/h4-19H2,1-3H3;1H. The van der Waals surface area contributed by atoms with Gasteiger partial charge in [0.25, 0.3) is 0 Å². The smallest absolute Gasteiger partial charge is 0.0770 e. The van der Waals surface area contributed by atoms with E-state index in [4.69, 9.17) is 0 Å². The summed E-state index contributed by atoms with van der Waals surface area (Å²) in [5.41, 5.74) is 0. The molecule has 0 aromatic carbocycles. The van der Waals surface area contributed by atoms with Gasteiger partial charge in [-0.2, -0.15) is 0 Å². The van der Waals surface area contributed by atoms with E-state index in [9.17, 15) is 0 Å². The molecule has 0 aliphatic heterocycles. The molecule has 130 valence electrons. The van der Waals surface area contributed by atoms with Crippen LogP contribution in [-0.2, 0) is 0 Å². The first-order valence-corrected chi connectivity index (χ1v) is 9.68. The minimum Gasteiger partial charge on any atom is -1.00 e. The van der Waals surface area contributed by atoms with E-state index >= 15 is 0 Å². The van der Waals surface area contributed by atoms with Crippen LogP contribution in [0.25, 0.3) is 0 Å². The number of nitrogens with one attached hydrogen (secondary N) is 1. The third-order valence-corrected chi connectivity index (χ3v) is 4.40. The molecule has 0 spiro atoms. The summed E-state index contributed by atoms with van der Waals surface area (Å²) in [4.78, 5) is 1.89. The van der Waals surface area contributed by atoms with E-state index in [-0.39, 0.29) is 24.0 Å². The zero-order chi connectivity index (χ0) is 14.9. The summed E-state index contributed by atoms with van der Waals surface area (Å²) in [5, 5.41) is 0. The number of hydrogen-bond donors (Lipinski definition) is 1. The van der Waals surface area contributed by atoms with Crippen molar-refractivity contribution >= 4 is 0 Å². The summed E-state index contributed by atoms with van der Waals surface area (Å²) in [6.45, 7) is 11.2. The van der Waals surface area contributed by atoms with E-state index in [1.54, 1.807) is 0 Å². The molecule has 0 bridgehead atoms. The van der Waals surface area contributed by atoms with Gasteiger partial charge in [0.15, 0.2) is 0 Å². The highest BCUT2D eigenvalue weighted by Gasteiger charge is 2.07. The van der Waals surface area contributed by atoms with Gasteiger partial charge in [0.05, 0.1) is 19.6 Å². The van der Waals surface area contributed by atoms with Crippen molar-refractivity contribution in [1.82, 2.24) is 0 Å². The van der Waals surface area contributed by atoms with Gasteiger partial charge in [-0.3, -0.25) is 0 Å². The molecular weight excluding hydrogens is 369 g/mol. The van der Waals surface area contributed by atoms with E-state index in [2.05, 4.69) is 20.8 Å². The number of quaternary nitrogens is 1. The molecule has 0 amide bonds. The van der Waals surface area contributed by atoms with E-state index in [1.165, 1.54) is 103 Å². The van der Waals surface area contributed by atoms with E-state index in [0.29, 0.717) is 0 Å². The second-order valence-corrected chi connectivity index (χ2v) is 6.54. The summed E-state index contributed by atoms with van der Waals surface area (Å²) in [6.07, 6.45) is 18.6. The Bertz CT molecular complexity index is 163. The molecule has 0 aromatic heterocycles. The second kappa shape index (κ2) is 20.7. The highest BCUT2D eigenvalue weighted by molar-refractivity contribution is 4.45. The van der Waals surface area contributed by atoms with Gasteiger partial charge >= 0.3 is 0 Å². The molecular formula is C19H42IN. The molecule has 0 fully saturated rings. The molecule has 0 unspecified atom stereocenters. The van der Waals surface area contributed by atoms with Crippen LogP contribution in [0.1, 0.15) is 104 Å². The lowest BCUT2D eigenvalue weighted by Gasteiger charge is -2.19. The summed E-state index contributed by atoms with van der Waals surface area (Å²) in [7, 11) is 0. The van der Waals surface area contributed by atoms with Gasteiger partial charge in [-0.05, 0) is 38.5 Å². The van der Waals surface area contributed by atoms with Crippen LogP contribution in [0.15, 0.2) is 0 Å². The summed E-state index contributed by atoms with van der Waals surface area (Å²) in [5.74, 6) is 0. The quantitative estimate of drug-likeness (QED) is 0.293. The topological polar surface area (TPSA) is 4.44 Å². The monoisotopic (exact) mass is 411 g/mol. The fraction of sp³-hybridized carbons (Fsp3) is 1.00. The fourth-order valence-corrected chi connectivity index (χ4v) is 2.96. The summed E-state index contributed by atoms with van der Waals surface area (Å²) in [6, 6.07) is 0. The lowest BCUT2D eigenvalue weighted by atomic mass is 10.1. The lowest BCUT2D eigenvalue weighted by molar-refractivity contribution is -0.900. The largest absolute Gasteiger partial charge is 1.00 e. The fourth-order valence-electron chi connectivity index (χ4n) is 2.96. The Morgan fingerprint density at radius 2 is 0.714 bits per heavy atom. The summed E-state index contributed by atoms with van der Waals surface area (Å²) < 4.78 is 0. The zero-order valence-corrected chi connectivity index (χ0v) is 17.3. The number of rotatable bonds is 16. The van der Waals surface area contributed by atoms with Crippen LogP contribution in [-0.4, -0.2) is 19.6 Å². The first-order valence-electron chi connectivity index (χ1n) is 9.68. The Kier molecular flexibility index (Phi) is 23.6. The highest BCUT2D eigenvalue weighted by atomic mass is 127. The van der Waals surface area contributed by atoms with Gasteiger partial charge in [-0.15, -0.1) is 0 Å². The van der Waals surface area contributed by atoms with Gasteiger partial charge in [0, 0.05) is 0 Å². The van der Waals surface area contributed by atoms with Crippen molar-refractivity contribution < 1.29 is 28.9 Å². The second-order valence-electron chi connectivity index (χ2n) is 6.54. The molecule has 1 nitrogen and oxygen atoms in total. The molecule has 0 rings (SSSR count). The maximum absolute atomic E-state index is 2.31. The van der Waals surface area contributed by atoms with Gasteiger partial charge in [0.2, 0.25) is 0 Å². The van der Waals surface area contributed by atoms with Gasteiger partial charge in [-0.25, -0.2) is 0 Å². The maximum Gasteiger partial charge on any atom is 0.0770 e. The van der Waals surface area contributed by atoms with Crippen molar-refractivity contribution in [2.24, 2.45) is 0 Å². The average Bonchev–Trinajstić information content (AvgIpc) is 2.46. The van der Waals surface area contributed by atoms with Crippen LogP contribution in [0, 0.1) is 0 Å². The van der Waals surface area contributed by atoms with Crippen molar-refractivity contribution in [3.8, 4) is 0 Å². The molecule has 0 aliphatic rings. The zero-order valence-electron chi connectivity index (χ0n) is 15.2. The van der Waals surface area contributed by atoms with E-state index < -0.39 is 0 Å². The molecule has 0 saturated heterocycles. The Balaban J connectivity index is 0.